The fourth-order valence-corrected chi connectivity index (χ4v) is 5.21. The van der Waals surface area contributed by atoms with Crippen LogP contribution in [-0.4, -0.2) is 49.6 Å². The van der Waals surface area contributed by atoms with Crippen molar-refractivity contribution in [2.75, 3.05) is 25.9 Å². The van der Waals surface area contributed by atoms with Gasteiger partial charge in [0.1, 0.15) is 0 Å². The summed E-state index contributed by atoms with van der Waals surface area (Å²) in [5.41, 5.74) is 0. The first-order valence-electron chi connectivity index (χ1n) is 7.16. The molecule has 6 heteroatoms. The molecule has 2 atom stereocenters. The minimum absolute atomic E-state index is 0.380. The zero-order valence-corrected chi connectivity index (χ0v) is 13.7. The molecule has 3 aliphatic heterocycles. The Morgan fingerprint density at radius 2 is 2.05 bits per heavy atom. The highest BCUT2D eigenvalue weighted by molar-refractivity contribution is 7.88. The van der Waals surface area contributed by atoms with Gasteiger partial charge in [0.25, 0.3) is 0 Å². The molecule has 2 unspecified atom stereocenters. The summed E-state index contributed by atoms with van der Waals surface area (Å²) in [7, 11) is -3.06. The lowest BCUT2D eigenvalue weighted by Gasteiger charge is -2.35. The average molecular weight is 314 g/mol. The summed E-state index contributed by atoms with van der Waals surface area (Å²) >= 11 is 1.85. The van der Waals surface area contributed by atoms with Gasteiger partial charge in [0.05, 0.1) is 6.26 Å². The van der Waals surface area contributed by atoms with Gasteiger partial charge in [-0.1, -0.05) is 0 Å². The Bertz CT molecular complexity index is 582. The van der Waals surface area contributed by atoms with E-state index in [9.17, 15) is 8.42 Å². The third-order valence-electron chi connectivity index (χ3n) is 4.42. The molecule has 20 heavy (non-hydrogen) atoms. The molecular formula is C14H22N2O2S2. The summed E-state index contributed by atoms with van der Waals surface area (Å²) in [6.07, 6.45) is 3.63. The summed E-state index contributed by atoms with van der Waals surface area (Å²) in [6.45, 7) is 5.51. The van der Waals surface area contributed by atoms with Crippen LogP contribution in [0.2, 0.25) is 0 Å². The lowest BCUT2D eigenvalue weighted by atomic mass is 9.95. The second kappa shape index (κ2) is 5.40. The van der Waals surface area contributed by atoms with Crippen LogP contribution < -0.4 is 0 Å². The van der Waals surface area contributed by atoms with Gasteiger partial charge in [0.15, 0.2) is 0 Å². The maximum atomic E-state index is 11.8. The lowest BCUT2D eigenvalue weighted by molar-refractivity contribution is 0.126. The van der Waals surface area contributed by atoms with Crippen LogP contribution in [0.25, 0.3) is 0 Å². The lowest BCUT2D eigenvalue weighted by Crippen LogP contribution is -2.43. The molecule has 0 saturated carbocycles. The van der Waals surface area contributed by atoms with Crippen molar-refractivity contribution in [1.29, 1.82) is 0 Å². The quantitative estimate of drug-likeness (QED) is 0.856. The van der Waals surface area contributed by atoms with Gasteiger partial charge in [-0.05, 0) is 37.8 Å². The number of nitrogens with zero attached hydrogens (tertiary/aromatic N) is 2. The molecule has 0 aliphatic carbocycles. The largest absolute Gasteiger partial charge is 0.294 e. The number of piperidine rings is 1. The van der Waals surface area contributed by atoms with Crippen LogP contribution in [-0.2, 0) is 16.6 Å². The molecule has 0 spiro atoms. The van der Waals surface area contributed by atoms with E-state index in [4.69, 9.17) is 0 Å². The van der Waals surface area contributed by atoms with Crippen LogP contribution in [0.4, 0.5) is 0 Å². The molecule has 0 aromatic carbocycles. The van der Waals surface area contributed by atoms with Gasteiger partial charge < -0.3 is 0 Å². The van der Waals surface area contributed by atoms with Crippen molar-refractivity contribution in [2.45, 2.75) is 32.4 Å². The van der Waals surface area contributed by atoms with Crippen LogP contribution in [0.3, 0.4) is 0 Å². The number of aryl methyl sites for hydroxylation is 1. The van der Waals surface area contributed by atoms with Crippen molar-refractivity contribution < 1.29 is 8.42 Å². The summed E-state index contributed by atoms with van der Waals surface area (Å²) < 4.78 is 25.4. The number of rotatable bonds is 3. The molecule has 3 saturated heterocycles. The van der Waals surface area contributed by atoms with Crippen molar-refractivity contribution >= 4 is 21.4 Å². The minimum atomic E-state index is -3.06. The monoisotopic (exact) mass is 314 g/mol. The molecule has 3 aliphatic rings. The predicted molar refractivity (Wildman–Crippen MR) is 82.4 cm³/mol. The van der Waals surface area contributed by atoms with Crippen LogP contribution >= 0.6 is 11.3 Å². The summed E-state index contributed by atoms with van der Waals surface area (Å²) in [4.78, 5) is 5.23. The number of thiophene rings is 1. The molecule has 0 radical (unpaired) electrons. The van der Waals surface area contributed by atoms with Gasteiger partial charge in [-0.3, -0.25) is 4.90 Å². The molecule has 1 aromatic rings. The Balaban J connectivity index is 1.75. The minimum Gasteiger partial charge on any atom is -0.294 e. The van der Waals surface area contributed by atoms with E-state index in [-0.39, 0.29) is 0 Å². The fraction of sp³-hybridized carbons (Fsp3) is 0.714. The molecule has 4 nitrogen and oxygen atoms in total. The Labute approximate surface area is 125 Å². The molecule has 0 amide bonds. The van der Waals surface area contributed by atoms with E-state index in [1.54, 1.807) is 4.31 Å². The Hall–Kier alpha value is -0.430. The summed E-state index contributed by atoms with van der Waals surface area (Å²) in [5.74, 6) is 0.490. The third-order valence-corrected chi connectivity index (χ3v) is 6.64. The average Bonchev–Trinajstić information content (AvgIpc) is 2.60. The van der Waals surface area contributed by atoms with Crippen LogP contribution in [0, 0.1) is 12.8 Å². The van der Waals surface area contributed by atoms with Gasteiger partial charge in [-0.25, -0.2) is 12.7 Å². The highest BCUT2D eigenvalue weighted by Gasteiger charge is 2.37. The standard InChI is InChI=1S/C14H22N2O2S2/c1-11-3-6-14(19-11)10-15-7-12-4-5-13(15)9-16(8-12)20(2,17)18/h3,6,12-13H,4-5,7-10H2,1-2H3. The van der Waals surface area contributed by atoms with Crippen molar-refractivity contribution in [2.24, 2.45) is 5.92 Å². The second-order valence-electron chi connectivity index (χ2n) is 6.12. The highest BCUT2D eigenvalue weighted by atomic mass is 32.2. The van der Waals surface area contributed by atoms with Crippen LogP contribution in [0.1, 0.15) is 22.6 Å². The smallest absolute Gasteiger partial charge is 0.211 e. The number of fused-ring (bicyclic) bond motifs is 4. The van der Waals surface area contributed by atoms with E-state index >= 15 is 0 Å². The molecule has 112 valence electrons. The van der Waals surface area contributed by atoms with Crippen LogP contribution in [0.15, 0.2) is 12.1 Å². The number of sulfonamides is 1. The zero-order valence-electron chi connectivity index (χ0n) is 12.1. The first-order chi connectivity index (χ1) is 9.41. The molecule has 1 aromatic heterocycles. The second-order valence-corrected chi connectivity index (χ2v) is 9.47. The first-order valence-corrected chi connectivity index (χ1v) is 9.83. The topological polar surface area (TPSA) is 40.6 Å². The number of hydrogen-bond acceptors (Lipinski definition) is 4. The normalized spacial score (nSPS) is 28.7. The van der Waals surface area contributed by atoms with E-state index < -0.39 is 10.0 Å². The molecule has 4 rings (SSSR count). The van der Waals surface area contributed by atoms with Crippen LogP contribution in [0.5, 0.6) is 0 Å². The van der Waals surface area contributed by atoms with Gasteiger partial charge in [-0.2, -0.15) is 0 Å². The van der Waals surface area contributed by atoms with Gasteiger partial charge >= 0.3 is 0 Å². The molecule has 0 N–H and O–H groups in total. The number of hydrogen-bond donors (Lipinski definition) is 0. The predicted octanol–water partition coefficient (Wildman–Crippen LogP) is 1.91. The van der Waals surface area contributed by atoms with Crippen molar-refractivity contribution in [1.82, 2.24) is 9.21 Å². The summed E-state index contributed by atoms with van der Waals surface area (Å²) in [6, 6.07) is 4.75. The van der Waals surface area contributed by atoms with E-state index in [0.717, 1.165) is 25.9 Å². The van der Waals surface area contributed by atoms with Gasteiger partial charge in [0, 0.05) is 42.0 Å². The fourth-order valence-electron chi connectivity index (χ4n) is 3.37. The van der Waals surface area contributed by atoms with E-state index in [0.29, 0.717) is 25.0 Å². The van der Waals surface area contributed by atoms with E-state index in [1.807, 2.05) is 11.3 Å². The SMILES string of the molecule is Cc1ccc(CN2CC3CCC2CN(S(C)(=O)=O)C3)s1. The Kier molecular flexibility index (Phi) is 3.92. The van der Waals surface area contributed by atoms with Crippen molar-refractivity contribution in [3.63, 3.8) is 0 Å². The highest BCUT2D eigenvalue weighted by Crippen LogP contribution is 2.31. The molecule has 4 heterocycles. The maximum absolute atomic E-state index is 11.8. The first kappa shape index (κ1) is 14.5. The molecule has 2 bridgehead atoms. The molecular weight excluding hydrogens is 292 g/mol. The zero-order chi connectivity index (χ0) is 14.3. The van der Waals surface area contributed by atoms with Gasteiger partial charge in [-0.15, -0.1) is 11.3 Å². The summed E-state index contributed by atoms with van der Waals surface area (Å²) in [5, 5.41) is 0. The van der Waals surface area contributed by atoms with Gasteiger partial charge in [0.2, 0.25) is 10.0 Å². The molecule has 3 fully saturated rings. The van der Waals surface area contributed by atoms with E-state index in [1.165, 1.54) is 16.0 Å². The Morgan fingerprint density at radius 1 is 1.25 bits per heavy atom. The van der Waals surface area contributed by atoms with Crippen molar-refractivity contribution in [3.8, 4) is 0 Å². The third kappa shape index (κ3) is 3.08. The van der Waals surface area contributed by atoms with Crippen molar-refractivity contribution in [3.05, 3.63) is 21.9 Å². The Morgan fingerprint density at radius 3 is 2.70 bits per heavy atom. The van der Waals surface area contributed by atoms with E-state index in [2.05, 4.69) is 24.0 Å². The maximum Gasteiger partial charge on any atom is 0.211 e.